The van der Waals surface area contributed by atoms with Crippen molar-refractivity contribution in [3.8, 4) is 0 Å². The zero-order chi connectivity index (χ0) is 20.2. The molecule has 0 aromatic carbocycles. The van der Waals surface area contributed by atoms with Crippen LogP contribution in [0, 0.1) is 0 Å². The van der Waals surface area contributed by atoms with Crippen molar-refractivity contribution in [2.24, 2.45) is 7.05 Å². The van der Waals surface area contributed by atoms with Crippen LogP contribution in [0.2, 0.25) is 0 Å². The van der Waals surface area contributed by atoms with E-state index in [1.165, 1.54) is 32.1 Å². The molecule has 1 aliphatic carbocycles. The van der Waals surface area contributed by atoms with Crippen LogP contribution in [0.3, 0.4) is 0 Å². The molecule has 0 spiro atoms. The van der Waals surface area contributed by atoms with Crippen LogP contribution >= 0.6 is 0 Å². The topological polar surface area (TPSA) is 75.1 Å². The highest BCUT2D eigenvalue weighted by atomic mass is 16.1. The molecule has 0 bridgehead atoms. The van der Waals surface area contributed by atoms with Crippen molar-refractivity contribution in [2.75, 3.05) is 25.0 Å². The van der Waals surface area contributed by atoms with E-state index in [0.29, 0.717) is 11.6 Å². The molecule has 2 aromatic heterocycles. The second-order valence-corrected chi connectivity index (χ2v) is 8.65. The molecule has 3 heterocycles. The van der Waals surface area contributed by atoms with Crippen molar-refractivity contribution < 1.29 is 4.79 Å². The first-order chi connectivity index (χ1) is 14.1. The zero-order valence-electron chi connectivity index (χ0n) is 17.8. The summed E-state index contributed by atoms with van der Waals surface area (Å²) < 4.78 is 1.79. The number of hydrogen-bond donors (Lipinski definition) is 2. The van der Waals surface area contributed by atoms with Crippen LogP contribution in [-0.4, -0.2) is 52.9 Å². The van der Waals surface area contributed by atoms with Crippen molar-refractivity contribution in [1.82, 2.24) is 25.4 Å². The molecule has 0 radical (unpaired) electrons. The number of fused-ring (bicyclic) bond motifs is 1. The van der Waals surface area contributed by atoms with Gasteiger partial charge in [-0.1, -0.05) is 32.1 Å². The molecule has 1 saturated carbocycles. The number of anilines is 1. The minimum atomic E-state index is -0.0113. The van der Waals surface area contributed by atoms with Gasteiger partial charge in [0.25, 0.3) is 5.91 Å². The second-order valence-electron chi connectivity index (χ2n) is 8.65. The van der Waals surface area contributed by atoms with E-state index in [1.807, 2.05) is 13.1 Å². The quantitative estimate of drug-likeness (QED) is 0.828. The number of nitrogens with zero attached hydrogens (tertiary/aromatic N) is 4. The lowest BCUT2D eigenvalue weighted by Crippen LogP contribution is -2.43. The summed E-state index contributed by atoms with van der Waals surface area (Å²) in [5, 5.41) is 11.9. The Morgan fingerprint density at radius 1 is 1.14 bits per heavy atom. The smallest absolute Gasteiger partial charge is 0.255 e. The second kappa shape index (κ2) is 9.11. The Morgan fingerprint density at radius 2 is 1.83 bits per heavy atom. The minimum Gasteiger partial charge on any atom is -0.356 e. The summed E-state index contributed by atoms with van der Waals surface area (Å²) in [6.07, 6.45) is 12.5. The van der Waals surface area contributed by atoms with Crippen LogP contribution in [0.5, 0.6) is 0 Å². The first kappa shape index (κ1) is 20.1. The molecule has 0 unspecified atom stereocenters. The maximum absolute atomic E-state index is 13.3. The number of aryl methyl sites for hydroxylation is 1. The van der Waals surface area contributed by atoms with Crippen molar-refractivity contribution in [3.63, 3.8) is 0 Å². The Morgan fingerprint density at radius 3 is 2.55 bits per heavy atom. The molecule has 0 atom stereocenters. The Bertz CT molecular complexity index is 833. The molecule has 2 N–H and O–H groups in total. The maximum atomic E-state index is 13.3. The van der Waals surface area contributed by atoms with Crippen LogP contribution < -0.4 is 15.5 Å². The fourth-order valence-corrected chi connectivity index (χ4v) is 4.73. The molecule has 1 amide bonds. The van der Waals surface area contributed by atoms with E-state index < -0.39 is 0 Å². The van der Waals surface area contributed by atoms with E-state index in [1.54, 1.807) is 10.9 Å². The van der Waals surface area contributed by atoms with E-state index in [4.69, 9.17) is 4.98 Å². The lowest BCUT2D eigenvalue weighted by atomic mass is 9.95. The summed E-state index contributed by atoms with van der Waals surface area (Å²) in [4.78, 5) is 20.5. The van der Waals surface area contributed by atoms with Gasteiger partial charge in [0.05, 0.1) is 11.8 Å². The van der Waals surface area contributed by atoms with Gasteiger partial charge < -0.3 is 15.5 Å². The lowest BCUT2D eigenvalue weighted by Gasteiger charge is -2.32. The Balaban J connectivity index is 1.65. The standard InChI is InChI=1S/C22H34N6O/c1-27(18-8-6-4-3-5-7-9-18)21-19(14-16-15-24-28(2)20(16)26-21)22(29)25-17-10-12-23-13-11-17/h14-15,17-18,23H,3-13H2,1-2H3,(H,25,29). The van der Waals surface area contributed by atoms with Gasteiger partial charge in [0.15, 0.2) is 5.65 Å². The monoisotopic (exact) mass is 398 g/mol. The molecule has 7 heteroatoms. The molecule has 1 saturated heterocycles. The van der Waals surface area contributed by atoms with E-state index in [9.17, 15) is 4.79 Å². The molecular weight excluding hydrogens is 364 g/mol. The van der Waals surface area contributed by atoms with Gasteiger partial charge in [-0.25, -0.2) is 4.98 Å². The number of hydrogen-bond acceptors (Lipinski definition) is 5. The highest BCUT2D eigenvalue weighted by Gasteiger charge is 2.26. The highest BCUT2D eigenvalue weighted by molar-refractivity contribution is 6.02. The summed E-state index contributed by atoms with van der Waals surface area (Å²) in [6.45, 7) is 1.92. The van der Waals surface area contributed by atoms with Crippen LogP contribution in [-0.2, 0) is 7.05 Å². The molecule has 2 aliphatic rings. The number of piperidine rings is 1. The molecule has 29 heavy (non-hydrogen) atoms. The van der Waals surface area contributed by atoms with E-state index in [0.717, 1.165) is 55.6 Å². The van der Waals surface area contributed by atoms with E-state index in [-0.39, 0.29) is 11.9 Å². The molecule has 158 valence electrons. The molecule has 2 fully saturated rings. The minimum absolute atomic E-state index is 0.0113. The van der Waals surface area contributed by atoms with Gasteiger partial charge in [-0.05, 0) is 44.8 Å². The predicted octanol–water partition coefficient (Wildman–Crippen LogP) is 3.00. The number of carbonyl (C=O) groups excluding carboxylic acids is 1. The number of rotatable bonds is 4. The largest absolute Gasteiger partial charge is 0.356 e. The molecular formula is C22H34N6O. The van der Waals surface area contributed by atoms with Crippen LogP contribution in [0.25, 0.3) is 11.0 Å². The average Bonchev–Trinajstić information content (AvgIpc) is 3.07. The summed E-state index contributed by atoms with van der Waals surface area (Å²) >= 11 is 0. The highest BCUT2D eigenvalue weighted by Crippen LogP contribution is 2.29. The molecule has 4 rings (SSSR count). The van der Waals surface area contributed by atoms with Gasteiger partial charge in [0.1, 0.15) is 5.82 Å². The van der Waals surface area contributed by atoms with Crippen LogP contribution in [0.15, 0.2) is 12.3 Å². The number of amides is 1. The first-order valence-electron chi connectivity index (χ1n) is 11.2. The molecule has 7 nitrogen and oxygen atoms in total. The summed E-state index contributed by atoms with van der Waals surface area (Å²) in [6, 6.07) is 2.63. The lowest BCUT2D eigenvalue weighted by molar-refractivity contribution is 0.0930. The van der Waals surface area contributed by atoms with Gasteiger partial charge in [-0.2, -0.15) is 5.10 Å². The fraction of sp³-hybridized carbons (Fsp3) is 0.682. The van der Waals surface area contributed by atoms with Gasteiger partial charge in [0, 0.05) is 31.6 Å². The summed E-state index contributed by atoms with van der Waals surface area (Å²) in [7, 11) is 4.02. The third-order valence-electron chi connectivity index (χ3n) is 6.56. The van der Waals surface area contributed by atoms with E-state index >= 15 is 0 Å². The van der Waals surface area contributed by atoms with Crippen molar-refractivity contribution >= 4 is 22.8 Å². The van der Waals surface area contributed by atoms with Gasteiger partial charge in [-0.15, -0.1) is 0 Å². The first-order valence-corrected chi connectivity index (χ1v) is 11.2. The van der Waals surface area contributed by atoms with Crippen LogP contribution in [0.4, 0.5) is 5.82 Å². The third kappa shape index (κ3) is 4.55. The van der Waals surface area contributed by atoms with E-state index in [2.05, 4.69) is 27.7 Å². The van der Waals surface area contributed by atoms with Gasteiger partial charge >= 0.3 is 0 Å². The number of nitrogens with one attached hydrogen (secondary N) is 2. The number of pyridine rings is 1. The van der Waals surface area contributed by atoms with Gasteiger partial charge in [0.2, 0.25) is 0 Å². The summed E-state index contributed by atoms with van der Waals surface area (Å²) in [5.41, 5.74) is 1.50. The average molecular weight is 399 g/mol. The normalized spacial score (nSPS) is 19.7. The number of carbonyl (C=O) groups is 1. The SMILES string of the molecule is CN(c1nc2c(cnn2C)cc1C(=O)NC1CCNCC1)C1CCCCCCC1. The molecule has 1 aliphatic heterocycles. The van der Waals surface area contributed by atoms with Crippen molar-refractivity contribution in [1.29, 1.82) is 0 Å². The predicted molar refractivity (Wildman–Crippen MR) is 116 cm³/mol. The fourth-order valence-electron chi connectivity index (χ4n) is 4.73. The number of aromatic nitrogens is 3. The third-order valence-corrected chi connectivity index (χ3v) is 6.56. The maximum Gasteiger partial charge on any atom is 0.255 e. The summed E-state index contributed by atoms with van der Waals surface area (Å²) in [5.74, 6) is 0.779. The van der Waals surface area contributed by atoms with Crippen molar-refractivity contribution in [2.45, 2.75) is 69.9 Å². The Kier molecular flexibility index (Phi) is 6.33. The van der Waals surface area contributed by atoms with Gasteiger partial charge in [-0.3, -0.25) is 9.48 Å². The van der Waals surface area contributed by atoms with Crippen LogP contribution in [0.1, 0.15) is 68.1 Å². The Hall–Kier alpha value is -2.15. The Labute approximate surface area is 173 Å². The zero-order valence-corrected chi connectivity index (χ0v) is 17.8. The van der Waals surface area contributed by atoms with Crippen molar-refractivity contribution in [3.05, 3.63) is 17.8 Å². The molecule has 2 aromatic rings.